The Morgan fingerprint density at radius 1 is 1.62 bits per heavy atom. The Morgan fingerprint density at radius 3 is 2.81 bits per heavy atom. The van der Waals surface area contributed by atoms with Crippen molar-refractivity contribution in [2.75, 3.05) is 25.2 Å². The molecule has 1 saturated carbocycles. The molecule has 1 aliphatic carbocycles. The molecule has 1 N–H and O–H groups in total. The Bertz CT molecular complexity index is 555. The number of aromatic nitrogens is 1. The number of ether oxygens (including phenoxy) is 1. The van der Waals surface area contributed by atoms with Crippen LogP contribution in [0.5, 0.6) is 0 Å². The van der Waals surface area contributed by atoms with Gasteiger partial charge in [0.25, 0.3) is 0 Å². The van der Waals surface area contributed by atoms with Gasteiger partial charge in [0, 0.05) is 23.6 Å². The molecule has 1 fully saturated rings. The summed E-state index contributed by atoms with van der Waals surface area (Å²) < 4.78 is 4.68. The van der Waals surface area contributed by atoms with Gasteiger partial charge in [0.2, 0.25) is 5.82 Å². The summed E-state index contributed by atoms with van der Waals surface area (Å²) in [5, 5.41) is 14.2. The van der Waals surface area contributed by atoms with Crippen LogP contribution in [0.3, 0.4) is 0 Å². The number of hydrogen-bond acceptors (Lipinski definition) is 7. The summed E-state index contributed by atoms with van der Waals surface area (Å²) in [6.07, 6.45) is 6.69. The highest BCUT2D eigenvalue weighted by Gasteiger charge is 2.36. The molecule has 1 aromatic heterocycles. The number of nitrogens with zero attached hydrogens (tertiary/aromatic N) is 2. The van der Waals surface area contributed by atoms with Crippen LogP contribution in [0.25, 0.3) is 0 Å². The third-order valence-electron chi connectivity index (χ3n) is 3.76. The molecule has 0 saturated heterocycles. The number of anilines is 1. The van der Waals surface area contributed by atoms with Gasteiger partial charge in [-0.1, -0.05) is 6.42 Å². The number of hydrogen-bond donors (Lipinski definition) is 1. The van der Waals surface area contributed by atoms with Gasteiger partial charge < -0.3 is 10.1 Å². The van der Waals surface area contributed by atoms with Crippen molar-refractivity contribution in [2.45, 2.75) is 24.0 Å². The van der Waals surface area contributed by atoms with Crippen molar-refractivity contribution in [3.63, 3.8) is 0 Å². The van der Waals surface area contributed by atoms with E-state index < -0.39 is 10.9 Å². The molecule has 8 heteroatoms. The second-order valence-corrected chi connectivity index (χ2v) is 6.21. The Balaban J connectivity index is 2.18. The number of nitrogens with one attached hydrogen (secondary N) is 1. The molecule has 0 unspecified atom stereocenters. The average molecular weight is 311 g/mol. The highest BCUT2D eigenvalue weighted by molar-refractivity contribution is 8.00. The smallest absolute Gasteiger partial charge is 0.339 e. The summed E-state index contributed by atoms with van der Waals surface area (Å²) in [4.78, 5) is 26.0. The normalized spacial score (nSPS) is 15.9. The monoisotopic (exact) mass is 311 g/mol. The predicted molar refractivity (Wildman–Crippen MR) is 80.8 cm³/mol. The lowest BCUT2D eigenvalue weighted by Gasteiger charge is -2.40. The first-order chi connectivity index (χ1) is 10.0. The van der Waals surface area contributed by atoms with Gasteiger partial charge in [-0.3, -0.25) is 10.1 Å². The fourth-order valence-electron chi connectivity index (χ4n) is 2.23. The molecule has 0 aromatic carbocycles. The molecule has 114 valence electrons. The topological polar surface area (TPSA) is 94.4 Å². The van der Waals surface area contributed by atoms with Crippen LogP contribution < -0.4 is 5.32 Å². The van der Waals surface area contributed by atoms with Gasteiger partial charge in [-0.05, 0) is 19.1 Å². The number of carbonyl (C=O) groups is 1. The summed E-state index contributed by atoms with van der Waals surface area (Å²) >= 11 is 1.77. The Kier molecular flexibility index (Phi) is 4.66. The molecule has 0 spiro atoms. The van der Waals surface area contributed by atoms with Crippen molar-refractivity contribution in [3.05, 3.63) is 27.9 Å². The second kappa shape index (κ2) is 6.30. The molecular formula is C13H17N3O4S. The molecule has 1 aliphatic rings. The molecule has 7 nitrogen and oxygen atoms in total. The molecule has 0 atom stereocenters. The van der Waals surface area contributed by atoms with E-state index in [-0.39, 0.29) is 21.8 Å². The van der Waals surface area contributed by atoms with Gasteiger partial charge >= 0.3 is 11.7 Å². The number of pyridine rings is 1. The van der Waals surface area contributed by atoms with E-state index in [1.807, 2.05) is 6.26 Å². The maximum atomic E-state index is 11.4. The van der Waals surface area contributed by atoms with Crippen molar-refractivity contribution in [3.8, 4) is 0 Å². The van der Waals surface area contributed by atoms with E-state index in [4.69, 9.17) is 0 Å². The van der Waals surface area contributed by atoms with E-state index >= 15 is 0 Å². The Labute approximate surface area is 126 Å². The van der Waals surface area contributed by atoms with Gasteiger partial charge in [0.15, 0.2) is 0 Å². The first-order valence-electron chi connectivity index (χ1n) is 6.53. The number of thioether (sulfide) groups is 1. The van der Waals surface area contributed by atoms with E-state index in [0.29, 0.717) is 6.54 Å². The van der Waals surface area contributed by atoms with Crippen LogP contribution in [0.4, 0.5) is 11.5 Å². The van der Waals surface area contributed by atoms with Gasteiger partial charge in [-0.2, -0.15) is 11.8 Å². The first-order valence-corrected chi connectivity index (χ1v) is 7.75. The van der Waals surface area contributed by atoms with Crippen LogP contribution in [-0.4, -0.2) is 40.5 Å². The van der Waals surface area contributed by atoms with Crippen molar-refractivity contribution < 1.29 is 14.5 Å². The summed E-state index contributed by atoms with van der Waals surface area (Å²) in [5.74, 6) is -0.454. The van der Waals surface area contributed by atoms with E-state index in [1.54, 1.807) is 11.8 Å². The lowest BCUT2D eigenvalue weighted by atomic mass is 9.84. The predicted octanol–water partition coefficient (Wildman–Crippen LogP) is 2.47. The SMILES string of the molecule is COC(=O)c1cnc(NCC2(SC)CCC2)c([N+](=O)[O-])c1. The van der Waals surface area contributed by atoms with E-state index in [9.17, 15) is 14.9 Å². The largest absolute Gasteiger partial charge is 0.465 e. The van der Waals surface area contributed by atoms with Crippen molar-refractivity contribution in [2.24, 2.45) is 0 Å². The summed E-state index contributed by atoms with van der Waals surface area (Å²) in [6, 6.07) is 1.19. The zero-order valence-corrected chi connectivity index (χ0v) is 12.7. The minimum absolute atomic E-state index is 0.0676. The Hall–Kier alpha value is -1.83. The number of carbonyl (C=O) groups excluding carboxylic acids is 1. The van der Waals surface area contributed by atoms with Gasteiger partial charge in [-0.15, -0.1) is 0 Å². The van der Waals surface area contributed by atoms with Crippen LogP contribution in [0.15, 0.2) is 12.3 Å². The number of methoxy groups -OCH3 is 1. The number of esters is 1. The maximum Gasteiger partial charge on any atom is 0.339 e. The van der Waals surface area contributed by atoms with Crippen molar-refractivity contribution in [1.29, 1.82) is 0 Å². The van der Waals surface area contributed by atoms with Crippen LogP contribution in [0.2, 0.25) is 0 Å². The summed E-state index contributed by atoms with van der Waals surface area (Å²) in [7, 11) is 1.22. The average Bonchev–Trinajstić information content (AvgIpc) is 2.45. The fraction of sp³-hybridized carbons (Fsp3) is 0.538. The van der Waals surface area contributed by atoms with E-state index in [2.05, 4.69) is 15.0 Å². The zero-order chi connectivity index (χ0) is 15.5. The minimum Gasteiger partial charge on any atom is -0.465 e. The number of rotatable bonds is 6. The van der Waals surface area contributed by atoms with Crippen LogP contribution in [0, 0.1) is 10.1 Å². The quantitative estimate of drug-likeness (QED) is 0.490. The lowest BCUT2D eigenvalue weighted by molar-refractivity contribution is -0.384. The highest BCUT2D eigenvalue weighted by Crippen LogP contribution is 2.43. The molecule has 0 radical (unpaired) electrons. The molecule has 0 amide bonds. The molecular weight excluding hydrogens is 294 g/mol. The minimum atomic E-state index is -0.642. The molecule has 2 rings (SSSR count). The Morgan fingerprint density at radius 2 is 2.33 bits per heavy atom. The summed E-state index contributed by atoms with van der Waals surface area (Å²) in [6.45, 7) is 0.625. The third kappa shape index (κ3) is 3.26. The van der Waals surface area contributed by atoms with Crippen LogP contribution in [-0.2, 0) is 4.74 Å². The molecule has 1 heterocycles. The van der Waals surface area contributed by atoms with Crippen molar-refractivity contribution in [1.82, 2.24) is 4.98 Å². The summed E-state index contributed by atoms with van der Waals surface area (Å²) in [5.41, 5.74) is -0.147. The van der Waals surface area contributed by atoms with E-state index in [1.165, 1.54) is 25.8 Å². The van der Waals surface area contributed by atoms with Crippen LogP contribution >= 0.6 is 11.8 Å². The van der Waals surface area contributed by atoms with Crippen LogP contribution in [0.1, 0.15) is 29.6 Å². The number of nitro groups is 1. The van der Waals surface area contributed by atoms with Crippen molar-refractivity contribution >= 4 is 29.2 Å². The van der Waals surface area contributed by atoms with Gasteiger partial charge in [-0.25, -0.2) is 9.78 Å². The zero-order valence-electron chi connectivity index (χ0n) is 11.9. The second-order valence-electron chi connectivity index (χ2n) is 4.93. The molecule has 21 heavy (non-hydrogen) atoms. The van der Waals surface area contributed by atoms with Gasteiger partial charge in [0.05, 0.1) is 17.6 Å². The van der Waals surface area contributed by atoms with E-state index in [0.717, 1.165) is 12.8 Å². The maximum absolute atomic E-state index is 11.4. The highest BCUT2D eigenvalue weighted by atomic mass is 32.2. The fourth-order valence-corrected chi connectivity index (χ4v) is 3.14. The lowest BCUT2D eigenvalue weighted by Crippen LogP contribution is -2.40. The molecule has 0 bridgehead atoms. The third-order valence-corrected chi connectivity index (χ3v) is 5.18. The molecule has 0 aliphatic heterocycles. The molecule has 1 aromatic rings. The van der Waals surface area contributed by atoms with Gasteiger partial charge in [0.1, 0.15) is 0 Å². The first kappa shape index (κ1) is 15.6. The standard InChI is InChI=1S/C13H17N3O4S/c1-20-12(17)9-6-10(16(18)19)11(14-7-9)15-8-13(21-2)4-3-5-13/h6-7H,3-5,8H2,1-2H3,(H,14,15).